The topological polar surface area (TPSA) is 87.5 Å². The second-order valence-electron chi connectivity index (χ2n) is 6.36. The van der Waals surface area contributed by atoms with E-state index in [0.717, 1.165) is 26.0 Å². The molecule has 0 unspecified atom stereocenters. The van der Waals surface area contributed by atoms with Gasteiger partial charge in [0.05, 0.1) is 37.1 Å². The van der Waals surface area contributed by atoms with Crippen molar-refractivity contribution in [2.24, 2.45) is 4.99 Å². The van der Waals surface area contributed by atoms with Crippen LogP contribution in [0, 0.1) is 0 Å². The number of fused-ring (bicyclic) bond motifs is 2. The first-order valence-corrected chi connectivity index (χ1v) is 10.4. The highest BCUT2D eigenvalue weighted by atomic mass is 32.1. The number of amides is 2. The second kappa shape index (κ2) is 6.87. The van der Waals surface area contributed by atoms with Crippen LogP contribution in [0.1, 0.15) is 12.5 Å². The smallest absolute Gasteiger partial charge is 0.276 e. The fraction of sp³-hybridized carbons (Fsp3) is 0.0500. The Morgan fingerprint density at radius 2 is 1.72 bits per heavy atom. The van der Waals surface area contributed by atoms with E-state index in [1.54, 1.807) is 23.2 Å². The molecule has 0 saturated carbocycles. The average molecular weight is 419 g/mol. The lowest BCUT2D eigenvalue weighted by atomic mass is 10.2. The molecule has 0 radical (unpaired) electrons. The number of nitrogens with one attached hydrogen (secondary N) is 1. The van der Waals surface area contributed by atoms with Crippen LogP contribution in [0.25, 0.3) is 26.5 Å². The summed E-state index contributed by atoms with van der Waals surface area (Å²) < 4.78 is 1.98. The van der Waals surface area contributed by atoms with E-state index in [1.165, 1.54) is 34.5 Å². The minimum absolute atomic E-state index is 0.191. The number of guanidine groups is 1. The van der Waals surface area contributed by atoms with Gasteiger partial charge in [-0.3, -0.25) is 19.8 Å². The summed E-state index contributed by atoms with van der Waals surface area (Å²) in [5.74, 6) is -0.411. The Hall–Kier alpha value is -3.43. The Morgan fingerprint density at radius 1 is 1.03 bits per heavy atom. The van der Waals surface area contributed by atoms with Crippen molar-refractivity contribution in [3.8, 4) is 0 Å². The van der Waals surface area contributed by atoms with E-state index >= 15 is 0 Å². The summed E-state index contributed by atoms with van der Waals surface area (Å²) in [5.41, 5.74) is 7.02. The lowest BCUT2D eigenvalue weighted by Gasteiger charge is -2.20. The maximum absolute atomic E-state index is 12.5. The number of carbonyl (C=O) groups excluding carboxylic acids is 2. The Bertz CT molecular complexity index is 1350. The van der Waals surface area contributed by atoms with Crippen LogP contribution >= 0.6 is 22.7 Å². The molecule has 7 nitrogen and oxygen atoms in total. The Balaban J connectivity index is 1.53. The third-order valence-corrected chi connectivity index (χ3v) is 6.03. The molecule has 3 heterocycles. The minimum atomic E-state index is -0.352. The second-order valence-corrected chi connectivity index (χ2v) is 8.13. The molecule has 29 heavy (non-hydrogen) atoms. The number of aliphatic imine (C=N–C) groups is 1. The number of aromatic nitrogens is 2. The molecule has 0 fully saturated rings. The zero-order chi connectivity index (χ0) is 20.0. The van der Waals surface area contributed by atoms with Crippen molar-refractivity contribution in [1.29, 1.82) is 0 Å². The van der Waals surface area contributed by atoms with Gasteiger partial charge < -0.3 is 0 Å². The number of hydrogen-bond acceptors (Lipinski definition) is 7. The zero-order valence-corrected chi connectivity index (χ0v) is 16.8. The first kappa shape index (κ1) is 17.7. The van der Waals surface area contributed by atoms with Crippen LogP contribution in [-0.2, 0) is 9.59 Å². The first-order chi connectivity index (χ1) is 14.1. The van der Waals surface area contributed by atoms with Gasteiger partial charge in [0.1, 0.15) is 5.70 Å². The quantitative estimate of drug-likeness (QED) is 0.501. The summed E-state index contributed by atoms with van der Waals surface area (Å²) in [6.07, 6.45) is 1.70. The van der Waals surface area contributed by atoms with E-state index in [1.807, 2.05) is 30.3 Å². The highest BCUT2D eigenvalue weighted by Gasteiger charge is 2.28. The predicted molar refractivity (Wildman–Crippen MR) is 116 cm³/mol. The van der Waals surface area contributed by atoms with Crippen molar-refractivity contribution in [3.63, 3.8) is 0 Å². The third-order valence-electron chi connectivity index (χ3n) is 4.44. The normalized spacial score (nSPS) is 15.1. The molecule has 5 rings (SSSR count). The Kier molecular flexibility index (Phi) is 4.18. The van der Waals surface area contributed by atoms with E-state index in [4.69, 9.17) is 0 Å². The molecule has 0 saturated heterocycles. The van der Waals surface area contributed by atoms with Gasteiger partial charge >= 0.3 is 0 Å². The maximum Gasteiger partial charge on any atom is 0.276 e. The number of hydrogen-bond donors (Lipinski definition) is 1. The highest BCUT2D eigenvalue weighted by Crippen LogP contribution is 2.26. The fourth-order valence-corrected chi connectivity index (χ4v) is 4.55. The number of rotatable bonds is 2. The van der Waals surface area contributed by atoms with Gasteiger partial charge in [-0.25, -0.2) is 15.0 Å². The summed E-state index contributed by atoms with van der Waals surface area (Å²) in [6.45, 7) is 1.44. The molecule has 4 aromatic rings. The van der Waals surface area contributed by atoms with Gasteiger partial charge in [0.25, 0.3) is 5.91 Å². The van der Waals surface area contributed by atoms with Crippen LogP contribution in [0.5, 0.6) is 0 Å². The van der Waals surface area contributed by atoms with Crippen molar-refractivity contribution in [3.05, 3.63) is 58.7 Å². The van der Waals surface area contributed by atoms with Gasteiger partial charge in [-0.15, -0.1) is 22.7 Å². The fourth-order valence-electron chi connectivity index (χ4n) is 3.12. The molecule has 1 N–H and O–H groups in total. The Labute approximate surface area is 173 Å². The molecular formula is C20H13N5O2S2. The molecule has 0 atom stereocenters. The van der Waals surface area contributed by atoms with Gasteiger partial charge in [0.2, 0.25) is 11.9 Å². The van der Waals surface area contributed by atoms with Gasteiger partial charge in [-0.1, -0.05) is 6.07 Å². The van der Waals surface area contributed by atoms with Crippen LogP contribution in [0.15, 0.2) is 58.1 Å². The van der Waals surface area contributed by atoms with Crippen LogP contribution in [0.4, 0.5) is 5.69 Å². The molecule has 1 aliphatic rings. The lowest BCUT2D eigenvalue weighted by molar-refractivity contribution is -0.115. The number of carbonyl (C=O) groups is 2. The molecular weight excluding hydrogens is 406 g/mol. The largest absolute Gasteiger partial charge is 0.290 e. The molecule has 0 bridgehead atoms. The SMILES string of the molecule is CC(=O)N(C1=N/C(=C\c2ccc3ncsc3c2)C(=O)N1)c1ccc2ncsc2c1. The van der Waals surface area contributed by atoms with Crippen molar-refractivity contribution in [2.45, 2.75) is 6.92 Å². The van der Waals surface area contributed by atoms with Crippen molar-refractivity contribution in [1.82, 2.24) is 15.3 Å². The molecule has 2 aromatic heterocycles. The monoisotopic (exact) mass is 419 g/mol. The number of thiazole rings is 2. The number of anilines is 1. The minimum Gasteiger partial charge on any atom is -0.290 e. The summed E-state index contributed by atoms with van der Waals surface area (Å²) in [6, 6.07) is 11.2. The van der Waals surface area contributed by atoms with E-state index in [0.29, 0.717) is 5.69 Å². The summed E-state index contributed by atoms with van der Waals surface area (Å²) >= 11 is 3.02. The summed E-state index contributed by atoms with van der Waals surface area (Å²) in [5, 5.41) is 2.70. The maximum atomic E-state index is 12.5. The average Bonchev–Trinajstić information content (AvgIpc) is 3.41. The van der Waals surface area contributed by atoms with E-state index < -0.39 is 0 Å². The third kappa shape index (κ3) is 3.20. The lowest BCUT2D eigenvalue weighted by Crippen LogP contribution is -2.43. The Morgan fingerprint density at radius 3 is 2.45 bits per heavy atom. The highest BCUT2D eigenvalue weighted by molar-refractivity contribution is 7.17. The standard InChI is InChI=1S/C20H13N5O2S2/c1-11(26)25(13-3-5-15-18(8-13)29-10-22-15)20-23-16(19(27)24-20)6-12-2-4-14-17(7-12)28-9-21-14/h2-10H,1H3,(H,23,24,27)/b16-6-. The van der Waals surface area contributed by atoms with Gasteiger partial charge in [-0.2, -0.15) is 0 Å². The van der Waals surface area contributed by atoms with Gasteiger partial charge in [-0.05, 0) is 42.0 Å². The first-order valence-electron chi connectivity index (χ1n) is 8.67. The molecule has 2 aromatic carbocycles. The molecule has 1 aliphatic heterocycles. The van der Waals surface area contributed by atoms with Crippen molar-refractivity contribution >= 4 is 72.6 Å². The molecule has 0 aliphatic carbocycles. The van der Waals surface area contributed by atoms with Gasteiger partial charge in [0.15, 0.2) is 0 Å². The number of nitrogens with zero attached hydrogens (tertiary/aromatic N) is 4. The van der Waals surface area contributed by atoms with E-state index in [2.05, 4.69) is 20.3 Å². The zero-order valence-electron chi connectivity index (χ0n) is 15.1. The molecule has 9 heteroatoms. The van der Waals surface area contributed by atoms with Gasteiger partial charge in [0, 0.05) is 6.92 Å². The van der Waals surface area contributed by atoms with Crippen molar-refractivity contribution < 1.29 is 9.59 Å². The summed E-state index contributed by atoms with van der Waals surface area (Å²) in [4.78, 5) is 39.1. The molecule has 0 spiro atoms. The molecule has 2 amide bonds. The predicted octanol–water partition coefficient (Wildman–Crippen LogP) is 3.79. The summed E-state index contributed by atoms with van der Waals surface area (Å²) in [7, 11) is 0. The van der Waals surface area contributed by atoms with E-state index in [9.17, 15) is 9.59 Å². The van der Waals surface area contributed by atoms with Crippen LogP contribution < -0.4 is 10.2 Å². The van der Waals surface area contributed by atoms with Crippen LogP contribution in [0.3, 0.4) is 0 Å². The van der Waals surface area contributed by atoms with Crippen LogP contribution in [-0.4, -0.2) is 27.7 Å². The van der Waals surface area contributed by atoms with Crippen LogP contribution in [0.2, 0.25) is 0 Å². The number of benzene rings is 2. The van der Waals surface area contributed by atoms with E-state index in [-0.39, 0.29) is 23.5 Å². The molecule has 142 valence electrons. The van der Waals surface area contributed by atoms with Crippen molar-refractivity contribution in [2.75, 3.05) is 4.90 Å².